The maximum atomic E-state index is 6.39. The number of ether oxygens (including phenoxy) is 2. The quantitative estimate of drug-likeness (QED) is 0.374. The Morgan fingerprint density at radius 3 is 2.41 bits per heavy atom. The van der Waals surface area contributed by atoms with Gasteiger partial charge >= 0.3 is 0 Å². The molecule has 1 aromatic rings. The van der Waals surface area contributed by atoms with Gasteiger partial charge in [0.25, 0.3) is 0 Å². The van der Waals surface area contributed by atoms with Crippen LogP contribution in [0.2, 0.25) is 0 Å². The third kappa shape index (κ3) is 6.82. The van der Waals surface area contributed by atoms with Crippen LogP contribution in [-0.4, -0.2) is 18.8 Å². The summed E-state index contributed by atoms with van der Waals surface area (Å²) in [5, 5.41) is 0. The van der Waals surface area contributed by atoms with Crippen LogP contribution < -0.4 is 4.74 Å². The second-order valence-corrected chi connectivity index (χ2v) is 8.94. The summed E-state index contributed by atoms with van der Waals surface area (Å²) in [4.78, 5) is 0. The highest BCUT2D eigenvalue weighted by Gasteiger charge is 2.21. The molecule has 1 aromatic carbocycles. The molecule has 0 saturated heterocycles. The molecule has 0 aliphatic heterocycles. The van der Waals surface area contributed by atoms with Crippen molar-refractivity contribution < 1.29 is 9.47 Å². The van der Waals surface area contributed by atoms with Crippen LogP contribution in [0.5, 0.6) is 5.75 Å². The maximum absolute atomic E-state index is 6.39. The first-order chi connectivity index (χ1) is 13.2. The van der Waals surface area contributed by atoms with Gasteiger partial charge in [-0.1, -0.05) is 44.2 Å². The van der Waals surface area contributed by atoms with Crippen molar-refractivity contribution in [3.05, 3.63) is 29.3 Å². The summed E-state index contributed by atoms with van der Waals surface area (Å²) in [5.74, 6) is 1.96. The van der Waals surface area contributed by atoms with E-state index in [0.29, 0.717) is 12.2 Å². The zero-order valence-corrected chi connectivity index (χ0v) is 17.7. The number of hydrogen-bond donors (Lipinski definition) is 0. The van der Waals surface area contributed by atoms with Crippen LogP contribution in [0.15, 0.2) is 18.2 Å². The first-order valence-electron chi connectivity index (χ1n) is 11.6. The van der Waals surface area contributed by atoms with Crippen LogP contribution in [0.3, 0.4) is 0 Å². The van der Waals surface area contributed by atoms with E-state index in [0.717, 1.165) is 18.3 Å². The van der Waals surface area contributed by atoms with Crippen LogP contribution >= 0.6 is 0 Å². The van der Waals surface area contributed by atoms with E-state index >= 15 is 0 Å². The lowest BCUT2D eigenvalue weighted by molar-refractivity contribution is 0.0389. The molecule has 2 atom stereocenters. The molecule has 27 heavy (non-hydrogen) atoms. The molecule has 2 unspecified atom stereocenters. The Morgan fingerprint density at radius 1 is 0.815 bits per heavy atom. The molecular weight excluding hydrogens is 332 g/mol. The third-order valence-corrected chi connectivity index (χ3v) is 6.80. The van der Waals surface area contributed by atoms with Gasteiger partial charge in [-0.25, -0.2) is 0 Å². The van der Waals surface area contributed by atoms with Crippen molar-refractivity contribution in [1.29, 1.82) is 0 Å². The molecule has 2 heteroatoms. The minimum atomic E-state index is 0.401. The average molecular weight is 373 g/mol. The second kappa shape index (κ2) is 11.1. The smallest absolute Gasteiger partial charge is 0.122 e. The maximum Gasteiger partial charge on any atom is 0.122 e. The number of hydrogen-bond acceptors (Lipinski definition) is 2. The Bertz CT molecular complexity index is 545. The summed E-state index contributed by atoms with van der Waals surface area (Å²) in [5.41, 5.74) is 2.63. The predicted octanol–water partition coefficient (Wildman–Crippen LogP) is 7.15. The molecule has 0 aromatic heterocycles. The average Bonchev–Trinajstić information content (AvgIpc) is 3.06. The largest absolute Gasteiger partial charge is 0.490 e. The Labute approximate surface area is 167 Å². The van der Waals surface area contributed by atoms with Gasteiger partial charge in [0, 0.05) is 6.61 Å². The van der Waals surface area contributed by atoms with Crippen LogP contribution in [0.1, 0.15) is 94.6 Å². The molecule has 0 N–H and O–H groups in total. The lowest BCUT2D eigenvalue weighted by atomic mass is 9.95. The van der Waals surface area contributed by atoms with Gasteiger partial charge in [0.05, 0.1) is 12.2 Å². The van der Waals surface area contributed by atoms with Gasteiger partial charge in [0.15, 0.2) is 0 Å². The standard InChI is InChI=1S/C25H40O2/c1-20-10-7-16-25(21(20)2)27-24-15-8-11-22(17-18-24)12-9-19-26-23-13-5-3-4-6-14-23/h7,10,16,22-24H,3-6,8-9,11-15,17-19H2,1-2H3. The fourth-order valence-corrected chi connectivity index (χ4v) is 4.81. The van der Waals surface area contributed by atoms with E-state index in [1.165, 1.54) is 94.6 Å². The first kappa shape index (κ1) is 20.7. The summed E-state index contributed by atoms with van der Waals surface area (Å²) in [6.07, 6.45) is 18.1. The topological polar surface area (TPSA) is 18.5 Å². The van der Waals surface area contributed by atoms with Crippen LogP contribution in [0.25, 0.3) is 0 Å². The van der Waals surface area contributed by atoms with Gasteiger partial charge in [-0.05, 0) is 88.3 Å². The van der Waals surface area contributed by atoms with Crippen molar-refractivity contribution in [3.63, 3.8) is 0 Å². The van der Waals surface area contributed by atoms with Crippen molar-refractivity contribution >= 4 is 0 Å². The van der Waals surface area contributed by atoms with E-state index in [-0.39, 0.29) is 0 Å². The summed E-state index contributed by atoms with van der Waals surface area (Å²) in [6, 6.07) is 6.42. The minimum Gasteiger partial charge on any atom is -0.490 e. The van der Waals surface area contributed by atoms with Gasteiger partial charge in [-0.2, -0.15) is 0 Å². The van der Waals surface area contributed by atoms with E-state index in [4.69, 9.17) is 9.47 Å². The van der Waals surface area contributed by atoms with E-state index in [1.54, 1.807) is 0 Å². The molecule has 0 spiro atoms. The summed E-state index contributed by atoms with van der Waals surface area (Å²) < 4.78 is 12.6. The molecule has 3 rings (SSSR count). The lowest BCUT2D eigenvalue weighted by Gasteiger charge is -2.20. The van der Waals surface area contributed by atoms with Crippen LogP contribution in [0.4, 0.5) is 0 Å². The Morgan fingerprint density at radius 2 is 1.59 bits per heavy atom. The fourth-order valence-electron chi connectivity index (χ4n) is 4.81. The zero-order chi connectivity index (χ0) is 18.9. The monoisotopic (exact) mass is 372 g/mol. The Kier molecular flexibility index (Phi) is 8.51. The van der Waals surface area contributed by atoms with Gasteiger partial charge in [-0.3, -0.25) is 0 Å². The molecule has 0 bridgehead atoms. The molecule has 2 aliphatic rings. The number of aryl methyl sites for hydroxylation is 1. The van der Waals surface area contributed by atoms with E-state index in [2.05, 4.69) is 32.0 Å². The fraction of sp³-hybridized carbons (Fsp3) is 0.760. The SMILES string of the molecule is Cc1cccc(OC2CCCC(CCCOC3CCCCCC3)CC2)c1C. The molecule has 0 heterocycles. The predicted molar refractivity (Wildman–Crippen MR) is 114 cm³/mol. The zero-order valence-electron chi connectivity index (χ0n) is 17.7. The summed E-state index contributed by atoms with van der Waals surface area (Å²) >= 11 is 0. The van der Waals surface area contributed by atoms with E-state index in [9.17, 15) is 0 Å². The summed E-state index contributed by atoms with van der Waals surface area (Å²) in [7, 11) is 0. The van der Waals surface area contributed by atoms with E-state index in [1.807, 2.05) is 0 Å². The molecular formula is C25H40O2. The number of benzene rings is 1. The van der Waals surface area contributed by atoms with Crippen LogP contribution in [0, 0.1) is 19.8 Å². The summed E-state index contributed by atoms with van der Waals surface area (Å²) in [6.45, 7) is 5.32. The van der Waals surface area contributed by atoms with Gasteiger partial charge in [0.1, 0.15) is 5.75 Å². The third-order valence-electron chi connectivity index (χ3n) is 6.80. The van der Waals surface area contributed by atoms with E-state index < -0.39 is 0 Å². The molecule has 0 amide bonds. The molecule has 2 nitrogen and oxygen atoms in total. The highest BCUT2D eigenvalue weighted by molar-refractivity contribution is 5.38. The Hall–Kier alpha value is -1.02. The molecule has 2 aliphatic carbocycles. The molecule has 2 saturated carbocycles. The van der Waals surface area contributed by atoms with Crippen molar-refractivity contribution in [2.45, 2.75) is 110 Å². The van der Waals surface area contributed by atoms with Crippen LogP contribution in [-0.2, 0) is 4.74 Å². The minimum absolute atomic E-state index is 0.401. The van der Waals surface area contributed by atoms with Crippen molar-refractivity contribution in [3.8, 4) is 5.75 Å². The van der Waals surface area contributed by atoms with Crippen molar-refractivity contribution in [2.75, 3.05) is 6.61 Å². The van der Waals surface area contributed by atoms with Crippen molar-refractivity contribution in [1.82, 2.24) is 0 Å². The molecule has 2 fully saturated rings. The van der Waals surface area contributed by atoms with Crippen molar-refractivity contribution in [2.24, 2.45) is 5.92 Å². The van der Waals surface area contributed by atoms with Gasteiger partial charge in [0.2, 0.25) is 0 Å². The second-order valence-electron chi connectivity index (χ2n) is 8.94. The first-order valence-corrected chi connectivity index (χ1v) is 11.6. The normalized spacial score (nSPS) is 25.0. The lowest BCUT2D eigenvalue weighted by Crippen LogP contribution is -2.16. The molecule has 152 valence electrons. The molecule has 0 radical (unpaired) electrons. The number of rotatable bonds is 7. The Balaban J connectivity index is 1.35. The van der Waals surface area contributed by atoms with Gasteiger partial charge in [-0.15, -0.1) is 0 Å². The highest BCUT2D eigenvalue weighted by Crippen LogP contribution is 2.31. The van der Waals surface area contributed by atoms with Gasteiger partial charge < -0.3 is 9.47 Å². The highest BCUT2D eigenvalue weighted by atomic mass is 16.5.